The van der Waals surface area contributed by atoms with Crippen LogP contribution in [0.25, 0.3) is 0 Å². The Morgan fingerprint density at radius 1 is 1.24 bits per heavy atom. The molecule has 2 aromatic rings. The van der Waals surface area contributed by atoms with Gasteiger partial charge in [-0.3, -0.25) is 9.69 Å². The predicted molar refractivity (Wildman–Crippen MR) is 101 cm³/mol. The van der Waals surface area contributed by atoms with Crippen LogP contribution in [0.4, 0.5) is 0 Å². The monoisotopic (exact) mass is 381 g/mol. The number of nitrogens with zero attached hydrogens (tertiary/aromatic N) is 1. The van der Waals surface area contributed by atoms with Crippen LogP contribution in [-0.4, -0.2) is 37.6 Å². The van der Waals surface area contributed by atoms with Crippen molar-refractivity contribution in [1.29, 1.82) is 0 Å². The summed E-state index contributed by atoms with van der Waals surface area (Å²) in [4.78, 5) is 14.8. The third-order valence-corrected chi connectivity index (χ3v) is 4.37. The highest BCUT2D eigenvalue weighted by atomic mass is 35.5. The second-order valence-electron chi connectivity index (χ2n) is 6.08. The van der Waals surface area contributed by atoms with Crippen LogP contribution >= 0.6 is 24.0 Å². The predicted octanol–water partition coefficient (Wildman–Crippen LogP) is 3.98. The van der Waals surface area contributed by atoms with Crippen molar-refractivity contribution >= 4 is 29.8 Å². The number of Topliss-reactive ketones (excluding diaryl/α,β-unsaturated/α-hetero) is 1. The van der Waals surface area contributed by atoms with Crippen LogP contribution in [0.3, 0.4) is 0 Å². The molecule has 6 heteroatoms. The van der Waals surface area contributed by atoms with Gasteiger partial charge in [-0.25, -0.2) is 0 Å². The third-order valence-electron chi connectivity index (χ3n) is 4.15. The molecule has 3 rings (SSSR count). The number of fused-ring (bicyclic) bond motifs is 1. The summed E-state index contributed by atoms with van der Waals surface area (Å²) in [6.45, 7) is 0.697. The fraction of sp³-hybridized carbons (Fsp3) is 0.316. The third kappa shape index (κ3) is 4.53. The molecule has 0 bridgehead atoms. The molecule has 0 radical (unpaired) electrons. The molecule has 1 aliphatic rings. The lowest BCUT2D eigenvalue weighted by Crippen LogP contribution is -2.38. The van der Waals surface area contributed by atoms with Gasteiger partial charge < -0.3 is 9.47 Å². The van der Waals surface area contributed by atoms with E-state index in [-0.39, 0.29) is 31.0 Å². The number of halogens is 2. The topological polar surface area (TPSA) is 38.8 Å². The van der Waals surface area contributed by atoms with Crippen molar-refractivity contribution in [2.24, 2.45) is 0 Å². The molecule has 0 spiro atoms. The molecular formula is C19H21Cl2NO3. The maximum absolute atomic E-state index is 12.9. The fourth-order valence-electron chi connectivity index (χ4n) is 2.92. The van der Waals surface area contributed by atoms with Gasteiger partial charge in [0.2, 0.25) is 0 Å². The number of carbonyl (C=O) groups is 1. The Labute approximate surface area is 159 Å². The summed E-state index contributed by atoms with van der Waals surface area (Å²) in [7, 11) is 3.82. The van der Waals surface area contributed by atoms with E-state index in [1.165, 1.54) is 0 Å². The van der Waals surface area contributed by atoms with E-state index in [9.17, 15) is 4.79 Å². The summed E-state index contributed by atoms with van der Waals surface area (Å²) < 4.78 is 11.0. The van der Waals surface area contributed by atoms with E-state index >= 15 is 0 Å². The Morgan fingerprint density at radius 2 is 1.96 bits per heavy atom. The van der Waals surface area contributed by atoms with Gasteiger partial charge in [-0.2, -0.15) is 0 Å². The van der Waals surface area contributed by atoms with Gasteiger partial charge in [0.15, 0.2) is 12.6 Å². The molecule has 0 saturated heterocycles. The number of benzene rings is 2. The van der Waals surface area contributed by atoms with Crippen LogP contribution in [0.2, 0.25) is 5.02 Å². The molecule has 1 aliphatic heterocycles. The molecule has 1 unspecified atom stereocenters. The van der Waals surface area contributed by atoms with Crippen LogP contribution in [0.15, 0.2) is 42.5 Å². The molecule has 134 valence electrons. The first-order chi connectivity index (χ1) is 11.6. The molecule has 25 heavy (non-hydrogen) atoms. The zero-order valence-electron chi connectivity index (χ0n) is 14.2. The van der Waals surface area contributed by atoms with Crippen LogP contribution in [0, 0.1) is 0 Å². The second kappa shape index (κ2) is 8.68. The molecule has 0 aromatic heterocycles. The summed E-state index contributed by atoms with van der Waals surface area (Å²) in [5, 5.41) is 0.627. The van der Waals surface area contributed by atoms with Crippen molar-refractivity contribution < 1.29 is 14.3 Å². The first-order valence-corrected chi connectivity index (χ1v) is 8.21. The summed E-state index contributed by atoms with van der Waals surface area (Å²) in [5.74, 6) is 0.875. The lowest BCUT2D eigenvalue weighted by Gasteiger charge is -2.26. The minimum Gasteiger partial charge on any atom is -0.467 e. The lowest BCUT2D eigenvalue weighted by atomic mass is 9.95. The molecule has 0 amide bonds. The molecule has 0 aliphatic carbocycles. The zero-order valence-corrected chi connectivity index (χ0v) is 15.8. The summed E-state index contributed by atoms with van der Waals surface area (Å²) in [6, 6.07) is 12.8. The van der Waals surface area contributed by atoms with Crippen molar-refractivity contribution in [2.45, 2.75) is 19.1 Å². The molecular weight excluding hydrogens is 361 g/mol. The normalized spacial score (nSPS) is 14.2. The van der Waals surface area contributed by atoms with Gasteiger partial charge in [0.25, 0.3) is 0 Å². The molecule has 0 fully saturated rings. The number of ether oxygens (including phenoxy) is 2. The van der Waals surface area contributed by atoms with Crippen molar-refractivity contribution in [3.63, 3.8) is 0 Å². The Morgan fingerprint density at radius 3 is 2.64 bits per heavy atom. The van der Waals surface area contributed by atoms with Crippen LogP contribution in [0.1, 0.15) is 21.5 Å². The van der Waals surface area contributed by atoms with Gasteiger partial charge in [0.1, 0.15) is 5.75 Å². The number of rotatable bonds is 5. The number of hydrogen-bond donors (Lipinski definition) is 0. The molecule has 4 nitrogen and oxygen atoms in total. The van der Waals surface area contributed by atoms with E-state index in [1.807, 2.05) is 61.5 Å². The van der Waals surface area contributed by atoms with Crippen LogP contribution < -0.4 is 4.74 Å². The van der Waals surface area contributed by atoms with Crippen molar-refractivity contribution in [2.75, 3.05) is 20.9 Å². The maximum atomic E-state index is 12.9. The Bertz CT molecular complexity index is 735. The van der Waals surface area contributed by atoms with E-state index in [2.05, 4.69) is 0 Å². The first kappa shape index (κ1) is 19.7. The highest BCUT2D eigenvalue weighted by molar-refractivity contribution is 6.30. The Hall–Kier alpha value is -1.59. The largest absolute Gasteiger partial charge is 0.467 e. The van der Waals surface area contributed by atoms with Gasteiger partial charge >= 0.3 is 0 Å². The summed E-state index contributed by atoms with van der Waals surface area (Å²) in [5.41, 5.74) is 2.56. The quantitative estimate of drug-likeness (QED) is 0.734. The van der Waals surface area contributed by atoms with Gasteiger partial charge in [0.05, 0.1) is 12.6 Å². The average molecular weight is 382 g/mol. The van der Waals surface area contributed by atoms with E-state index in [0.717, 1.165) is 16.9 Å². The van der Waals surface area contributed by atoms with E-state index < -0.39 is 0 Å². The molecule has 0 saturated carbocycles. The van der Waals surface area contributed by atoms with Crippen molar-refractivity contribution in [1.82, 2.24) is 4.90 Å². The van der Waals surface area contributed by atoms with Crippen molar-refractivity contribution in [3.8, 4) is 5.75 Å². The Balaban J connectivity index is 0.00000225. The van der Waals surface area contributed by atoms with Gasteiger partial charge in [0, 0.05) is 16.1 Å². The molecule has 0 N–H and O–H groups in total. The fourth-order valence-corrected chi connectivity index (χ4v) is 3.18. The first-order valence-electron chi connectivity index (χ1n) is 7.84. The van der Waals surface area contributed by atoms with E-state index in [0.29, 0.717) is 23.6 Å². The average Bonchev–Trinajstić information content (AvgIpc) is 2.59. The van der Waals surface area contributed by atoms with Gasteiger partial charge in [-0.05, 0) is 38.2 Å². The summed E-state index contributed by atoms with van der Waals surface area (Å²) in [6.07, 6.45) is 0.531. The number of ketones is 1. The minimum atomic E-state index is -0.290. The highest BCUT2D eigenvalue weighted by Crippen LogP contribution is 2.33. The number of likely N-dealkylation sites (N-methyl/N-ethyl adjacent to an activating group) is 1. The van der Waals surface area contributed by atoms with E-state index in [4.69, 9.17) is 21.1 Å². The van der Waals surface area contributed by atoms with E-state index in [1.54, 1.807) is 0 Å². The zero-order chi connectivity index (χ0) is 17.1. The second-order valence-corrected chi connectivity index (χ2v) is 6.51. The SMILES string of the molecule is CN(C)C(Cc1cc(Cl)cc2c1OCOC2)C(=O)c1ccccc1.Cl. The van der Waals surface area contributed by atoms with Gasteiger partial charge in [-0.1, -0.05) is 41.9 Å². The molecule has 1 heterocycles. The van der Waals surface area contributed by atoms with Crippen molar-refractivity contribution in [3.05, 3.63) is 64.2 Å². The van der Waals surface area contributed by atoms with Crippen LogP contribution in [-0.2, 0) is 17.8 Å². The Kier molecular flexibility index (Phi) is 6.85. The van der Waals surface area contributed by atoms with Crippen LogP contribution in [0.5, 0.6) is 5.75 Å². The standard InChI is InChI=1S/C19H20ClNO3.ClH/c1-21(2)17(18(22)13-6-4-3-5-7-13)10-14-8-16(20)9-15-11-23-12-24-19(14)15;/h3-9,17H,10-12H2,1-2H3;1H. The maximum Gasteiger partial charge on any atom is 0.189 e. The smallest absolute Gasteiger partial charge is 0.189 e. The number of hydrogen-bond acceptors (Lipinski definition) is 4. The van der Waals surface area contributed by atoms with Gasteiger partial charge in [-0.15, -0.1) is 12.4 Å². The minimum absolute atomic E-state index is 0. The number of carbonyl (C=O) groups excluding carboxylic acids is 1. The lowest BCUT2D eigenvalue weighted by molar-refractivity contribution is -0.0171. The molecule has 1 atom stereocenters. The highest BCUT2D eigenvalue weighted by Gasteiger charge is 2.26. The molecule has 2 aromatic carbocycles. The summed E-state index contributed by atoms with van der Waals surface area (Å²) >= 11 is 6.23.